The Morgan fingerprint density at radius 1 is 1.35 bits per heavy atom. The maximum atomic E-state index is 5.69. The second-order valence-electron chi connectivity index (χ2n) is 4.52. The van der Waals surface area contributed by atoms with Gasteiger partial charge in [-0.15, -0.1) is 0 Å². The van der Waals surface area contributed by atoms with E-state index in [9.17, 15) is 0 Å². The fourth-order valence-electron chi connectivity index (χ4n) is 1.87. The molecule has 1 atom stereocenters. The third kappa shape index (κ3) is 5.02. The van der Waals surface area contributed by atoms with Gasteiger partial charge in [-0.1, -0.05) is 33.1 Å². The second-order valence-corrected chi connectivity index (χ2v) is 4.52. The van der Waals surface area contributed by atoms with Gasteiger partial charge in [0.2, 0.25) is 0 Å². The lowest BCUT2D eigenvalue weighted by atomic mass is 9.99. The van der Waals surface area contributed by atoms with Gasteiger partial charge >= 0.3 is 0 Å². The first-order valence-corrected chi connectivity index (χ1v) is 6.50. The number of hydrogen-bond donors (Lipinski definition) is 2. The first kappa shape index (κ1) is 13.7. The molecule has 0 bridgehead atoms. The zero-order valence-electron chi connectivity index (χ0n) is 11.2. The molecule has 1 heterocycles. The van der Waals surface area contributed by atoms with Crippen molar-refractivity contribution < 1.29 is 0 Å². The molecule has 0 saturated carbocycles. The molecule has 4 nitrogen and oxygen atoms in total. The molecule has 1 unspecified atom stereocenters. The number of nitrogens with one attached hydrogen (secondary N) is 1. The first-order chi connectivity index (χ1) is 8.15. The predicted octanol–water partition coefficient (Wildman–Crippen LogP) is 3.00. The minimum absolute atomic E-state index is 0.529. The number of anilines is 2. The summed E-state index contributed by atoms with van der Waals surface area (Å²) in [6, 6.07) is 1.79. The highest BCUT2D eigenvalue weighted by Gasteiger charge is 2.06. The summed E-state index contributed by atoms with van der Waals surface area (Å²) in [7, 11) is 0. The fraction of sp³-hybridized carbons (Fsp3) is 0.692. The van der Waals surface area contributed by atoms with E-state index in [-0.39, 0.29) is 0 Å². The lowest BCUT2D eigenvalue weighted by molar-refractivity contribution is 0.472. The Morgan fingerprint density at radius 3 is 2.71 bits per heavy atom. The van der Waals surface area contributed by atoms with Crippen molar-refractivity contribution in [1.82, 2.24) is 9.97 Å². The number of hydrogen-bond acceptors (Lipinski definition) is 4. The highest BCUT2D eigenvalue weighted by Crippen LogP contribution is 2.14. The van der Waals surface area contributed by atoms with Crippen molar-refractivity contribution in [3.8, 4) is 0 Å². The van der Waals surface area contributed by atoms with E-state index in [1.807, 2.05) is 6.92 Å². The van der Waals surface area contributed by atoms with Gasteiger partial charge in [0.1, 0.15) is 17.5 Å². The maximum absolute atomic E-state index is 5.69. The monoisotopic (exact) mass is 236 g/mol. The quantitative estimate of drug-likeness (QED) is 0.764. The average molecular weight is 236 g/mol. The molecule has 1 rings (SSSR count). The fourth-order valence-corrected chi connectivity index (χ4v) is 1.87. The highest BCUT2D eigenvalue weighted by molar-refractivity contribution is 5.44. The van der Waals surface area contributed by atoms with Crippen LogP contribution in [0, 0.1) is 12.8 Å². The van der Waals surface area contributed by atoms with Gasteiger partial charge < -0.3 is 11.1 Å². The number of aryl methyl sites for hydroxylation is 1. The van der Waals surface area contributed by atoms with Crippen LogP contribution in [-0.4, -0.2) is 16.5 Å². The zero-order chi connectivity index (χ0) is 12.7. The predicted molar refractivity (Wildman–Crippen MR) is 73.0 cm³/mol. The van der Waals surface area contributed by atoms with E-state index < -0.39 is 0 Å². The van der Waals surface area contributed by atoms with Crippen LogP contribution in [0.4, 0.5) is 11.6 Å². The van der Waals surface area contributed by atoms with Crippen LogP contribution in [0.15, 0.2) is 6.07 Å². The van der Waals surface area contributed by atoms with Crippen LogP contribution in [0.2, 0.25) is 0 Å². The standard InChI is InChI=1S/C13H24N4/c1-4-6-7-11(5-2)9-15-13-8-12(14)16-10(3)17-13/h8,11H,4-7,9H2,1-3H3,(H3,14,15,16,17). The number of aromatic nitrogens is 2. The van der Waals surface area contributed by atoms with E-state index in [0.717, 1.165) is 12.4 Å². The smallest absolute Gasteiger partial charge is 0.131 e. The summed E-state index contributed by atoms with van der Waals surface area (Å²) in [4.78, 5) is 8.38. The number of nitrogens with two attached hydrogens (primary N) is 1. The molecule has 0 aliphatic heterocycles. The molecule has 1 aromatic rings. The summed E-state index contributed by atoms with van der Waals surface area (Å²) in [5, 5.41) is 3.36. The number of unbranched alkanes of at least 4 members (excludes halogenated alkanes) is 1. The lowest BCUT2D eigenvalue weighted by Gasteiger charge is -2.15. The molecular weight excluding hydrogens is 212 g/mol. The van der Waals surface area contributed by atoms with Gasteiger partial charge in [-0.3, -0.25) is 0 Å². The number of rotatable bonds is 7. The van der Waals surface area contributed by atoms with Gasteiger partial charge in [-0.25, -0.2) is 9.97 Å². The highest BCUT2D eigenvalue weighted by atomic mass is 15.0. The van der Waals surface area contributed by atoms with Crippen LogP contribution >= 0.6 is 0 Å². The minimum atomic E-state index is 0.529. The van der Waals surface area contributed by atoms with E-state index in [0.29, 0.717) is 17.6 Å². The summed E-state index contributed by atoms with van der Waals surface area (Å²) in [5.41, 5.74) is 5.69. The third-order valence-corrected chi connectivity index (χ3v) is 2.97. The topological polar surface area (TPSA) is 63.8 Å². The molecule has 0 saturated heterocycles. The Kier molecular flexibility index (Phi) is 5.73. The summed E-state index contributed by atoms with van der Waals surface area (Å²) in [5.74, 6) is 2.80. The molecule has 96 valence electrons. The SMILES string of the molecule is CCCCC(CC)CNc1cc(N)nc(C)n1. The molecule has 1 aromatic heterocycles. The van der Waals surface area contributed by atoms with Crippen molar-refractivity contribution in [1.29, 1.82) is 0 Å². The summed E-state index contributed by atoms with van der Waals surface area (Å²) < 4.78 is 0. The summed E-state index contributed by atoms with van der Waals surface area (Å²) in [6.45, 7) is 7.29. The number of nitrogen functional groups attached to an aromatic ring is 1. The molecule has 0 spiro atoms. The van der Waals surface area contributed by atoms with E-state index in [1.165, 1.54) is 25.7 Å². The van der Waals surface area contributed by atoms with Gasteiger partial charge in [-0.2, -0.15) is 0 Å². The average Bonchev–Trinajstić information content (AvgIpc) is 2.28. The molecular formula is C13H24N4. The van der Waals surface area contributed by atoms with Crippen LogP contribution in [0.5, 0.6) is 0 Å². The molecule has 0 fully saturated rings. The van der Waals surface area contributed by atoms with Gasteiger partial charge in [-0.05, 0) is 19.3 Å². The minimum Gasteiger partial charge on any atom is -0.384 e. The van der Waals surface area contributed by atoms with Crippen molar-refractivity contribution >= 4 is 11.6 Å². The molecule has 0 amide bonds. The number of nitrogens with zero attached hydrogens (tertiary/aromatic N) is 2. The van der Waals surface area contributed by atoms with Crippen LogP contribution in [-0.2, 0) is 0 Å². The van der Waals surface area contributed by atoms with Crippen LogP contribution < -0.4 is 11.1 Å². The molecule has 0 aliphatic carbocycles. The maximum Gasteiger partial charge on any atom is 0.131 e. The Bertz CT molecular complexity index is 318. The molecule has 0 aromatic carbocycles. The Morgan fingerprint density at radius 2 is 2.12 bits per heavy atom. The van der Waals surface area contributed by atoms with Crippen molar-refractivity contribution in [3.63, 3.8) is 0 Å². The summed E-state index contributed by atoms with van der Waals surface area (Å²) in [6.07, 6.45) is 5.04. The molecule has 4 heteroatoms. The summed E-state index contributed by atoms with van der Waals surface area (Å²) >= 11 is 0. The molecule has 0 radical (unpaired) electrons. The molecule has 3 N–H and O–H groups in total. The Hall–Kier alpha value is -1.32. The van der Waals surface area contributed by atoms with Crippen molar-refractivity contribution in [3.05, 3.63) is 11.9 Å². The van der Waals surface area contributed by atoms with E-state index in [1.54, 1.807) is 6.07 Å². The zero-order valence-corrected chi connectivity index (χ0v) is 11.2. The van der Waals surface area contributed by atoms with Crippen LogP contribution in [0.3, 0.4) is 0 Å². The van der Waals surface area contributed by atoms with Gasteiger partial charge in [0.15, 0.2) is 0 Å². The van der Waals surface area contributed by atoms with Gasteiger partial charge in [0, 0.05) is 12.6 Å². The van der Waals surface area contributed by atoms with Crippen molar-refractivity contribution in [2.75, 3.05) is 17.6 Å². The van der Waals surface area contributed by atoms with E-state index >= 15 is 0 Å². The van der Waals surface area contributed by atoms with E-state index in [2.05, 4.69) is 29.1 Å². The van der Waals surface area contributed by atoms with E-state index in [4.69, 9.17) is 5.73 Å². The third-order valence-electron chi connectivity index (χ3n) is 2.97. The normalized spacial score (nSPS) is 12.4. The first-order valence-electron chi connectivity index (χ1n) is 6.50. The molecule has 17 heavy (non-hydrogen) atoms. The van der Waals surface area contributed by atoms with Crippen LogP contribution in [0.25, 0.3) is 0 Å². The molecule has 0 aliphatic rings. The van der Waals surface area contributed by atoms with Gasteiger partial charge in [0.05, 0.1) is 0 Å². The Balaban J connectivity index is 2.47. The van der Waals surface area contributed by atoms with Crippen molar-refractivity contribution in [2.45, 2.75) is 46.5 Å². The second kappa shape index (κ2) is 7.09. The van der Waals surface area contributed by atoms with Crippen LogP contribution in [0.1, 0.15) is 45.4 Å². The lowest BCUT2D eigenvalue weighted by Crippen LogP contribution is -2.15. The van der Waals surface area contributed by atoms with Gasteiger partial charge in [0.25, 0.3) is 0 Å². The van der Waals surface area contributed by atoms with Crippen molar-refractivity contribution in [2.24, 2.45) is 5.92 Å². The largest absolute Gasteiger partial charge is 0.384 e. The Labute approximate surface area is 104 Å².